The van der Waals surface area contributed by atoms with Crippen LogP contribution in [0.4, 0.5) is 5.95 Å². The predicted molar refractivity (Wildman–Crippen MR) is 97.0 cm³/mol. The van der Waals surface area contributed by atoms with Gasteiger partial charge in [-0.1, -0.05) is 22.0 Å². The number of hydrazone groups is 1. The quantitative estimate of drug-likeness (QED) is 0.435. The minimum Gasteiger partial charge on any atom is -0.327 e. The van der Waals surface area contributed by atoms with Gasteiger partial charge in [0.1, 0.15) is 5.52 Å². The predicted octanol–water partition coefficient (Wildman–Crippen LogP) is 3.12. The van der Waals surface area contributed by atoms with Gasteiger partial charge in [-0.25, -0.2) is 5.43 Å². The van der Waals surface area contributed by atoms with Crippen LogP contribution in [0.3, 0.4) is 0 Å². The topological polar surface area (TPSA) is 80.9 Å². The van der Waals surface area contributed by atoms with Crippen LogP contribution in [0.5, 0.6) is 0 Å². The van der Waals surface area contributed by atoms with Gasteiger partial charge >= 0.3 is 0 Å². The van der Waals surface area contributed by atoms with Gasteiger partial charge in [-0.2, -0.15) is 10.1 Å². The summed E-state index contributed by atoms with van der Waals surface area (Å²) in [6.07, 6.45) is 3.31. The Morgan fingerprint density at radius 3 is 2.96 bits per heavy atom. The average Bonchev–Trinajstić information content (AvgIpc) is 2.88. The van der Waals surface area contributed by atoms with Gasteiger partial charge < -0.3 is 4.57 Å². The number of aryl methyl sites for hydroxylation is 1. The Hall–Kier alpha value is -2.87. The number of hydrogen-bond acceptors (Lipinski definition) is 6. The second-order valence-corrected chi connectivity index (χ2v) is 6.07. The molecule has 0 bridgehead atoms. The molecule has 3 heterocycles. The Morgan fingerprint density at radius 2 is 2.12 bits per heavy atom. The van der Waals surface area contributed by atoms with Gasteiger partial charge in [-0.15, -0.1) is 10.2 Å². The van der Waals surface area contributed by atoms with Gasteiger partial charge in [0.2, 0.25) is 0 Å². The first-order chi connectivity index (χ1) is 11.7. The molecule has 0 atom stereocenters. The molecule has 0 saturated heterocycles. The van der Waals surface area contributed by atoms with Gasteiger partial charge in [0.05, 0.1) is 17.4 Å². The van der Waals surface area contributed by atoms with Crippen LogP contribution in [0.1, 0.15) is 5.69 Å². The molecule has 1 aromatic carbocycles. The van der Waals surface area contributed by atoms with Crippen LogP contribution < -0.4 is 5.43 Å². The number of aromatic nitrogens is 5. The summed E-state index contributed by atoms with van der Waals surface area (Å²) in [7, 11) is 1.95. The fourth-order valence-corrected chi connectivity index (χ4v) is 2.85. The number of benzene rings is 1. The van der Waals surface area contributed by atoms with Crippen LogP contribution in [0.2, 0.25) is 0 Å². The van der Waals surface area contributed by atoms with E-state index in [1.165, 1.54) is 0 Å². The van der Waals surface area contributed by atoms with Crippen molar-refractivity contribution >= 4 is 50.2 Å². The first-order valence-electron chi connectivity index (χ1n) is 7.21. The van der Waals surface area contributed by atoms with Gasteiger partial charge in [0, 0.05) is 23.1 Å². The number of nitrogens with one attached hydrogen (secondary N) is 1. The van der Waals surface area contributed by atoms with Crippen LogP contribution in [0.15, 0.2) is 52.2 Å². The molecule has 0 saturated carbocycles. The van der Waals surface area contributed by atoms with Crippen LogP contribution in [0.25, 0.3) is 22.1 Å². The summed E-state index contributed by atoms with van der Waals surface area (Å²) in [5, 5.41) is 13.5. The first-order valence-corrected chi connectivity index (χ1v) is 8.00. The van der Waals surface area contributed by atoms with E-state index in [0.29, 0.717) is 5.95 Å². The van der Waals surface area contributed by atoms with E-state index in [9.17, 15) is 0 Å². The highest BCUT2D eigenvalue weighted by molar-refractivity contribution is 9.10. The molecule has 0 amide bonds. The van der Waals surface area contributed by atoms with Crippen molar-refractivity contribution in [2.45, 2.75) is 0 Å². The number of hydrogen-bond donors (Lipinski definition) is 1. The highest BCUT2D eigenvalue weighted by Crippen LogP contribution is 2.27. The van der Waals surface area contributed by atoms with Gasteiger partial charge in [0.15, 0.2) is 5.65 Å². The standard InChI is InChI=1S/C16H12BrN7/c1-24-13-6-5-10(17)8-12(13)14-15(24)20-16(23-21-14)22-19-9-11-4-2-3-7-18-11/h2-9H,1H3,(H,20,22,23)/b19-9+. The smallest absolute Gasteiger partial charge is 0.265 e. The molecule has 4 aromatic rings. The largest absolute Gasteiger partial charge is 0.327 e. The summed E-state index contributed by atoms with van der Waals surface area (Å²) < 4.78 is 2.98. The highest BCUT2D eigenvalue weighted by Gasteiger charge is 2.12. The van der Waals surface area contributed by atoms with Crippen molar-refractivity contribution in [1.29, 1.82) is 0 Å². The average molecular weight is 382 g/mol. The van der Waals surface area contributed by atoms with E-state index in [4.69, 9.17) is 0 Å². The van der Waals surface area contributed by atoms with Crippen molar-refractivity contribution in [2.75, 3.05) is 5.43 Å². The minimum absolute atomic E-state index is 0.333. The van der Waals surface area contributed by atoms with Crippen molar-refractivity contribution in [3.63, 3.8) is 0 Å². The molecule has 7 nitrogen and oxygen atoms in total. The number of fused-ring (bicyclic) bond motifs is 3. The van der Waals surface area contributed by atoms with Crippen LogP contribution >= 0.6 is 15.9 Å². The summed E-state index contributed by atoms with van der Waals surface area (Å²) in [4.78, 5) is 8.66. The van der Waals surface area contributed by atoms with E-state index < -0.39 is 0 Å². The molecule has 24 heavy (non-hydrogen) atoms. The molecule has 0 aliphatic heterocycles. The third kappa shape index (κ3) is 2.61. The molecule has 0 spiro atoms. The molecule has 0 radical (unpaired) electrons. The fraction of sp³-hybridized carbons (Fsp3) is 0.0625. The number of halogens is 1. The summed E-state index contributed by atoms with van der Waals surface area (Å²) in [6.45, 7) is 0. The Balaban J connectivity index is 1.69. The lowest BCUT2D eigenvalue weighted by Gasteiger charge is -1.99. The molecule has 0 fully saturated rings. The summed E-state index contributed by atoms with van der Waals surface area (Å²) in [6, 6.07) is 11.6. The molecule has 0 unspecified atom stereocenters. The van der Waals surface area contributed by atoms with Gasteiger partial charge in [0.25, 0.3) is 5.95 Å². The van der Waals surface area contributed by atoms with E-state index in [2.05, 4.69) is 46.6 Å². The zero-order valence-corrected chi connectivity index (χ0v) is 14.3. The maximum Gasteiger partial charge on any atom is 0.265 e. The van der Waals surface area contributed by atoms with E-state index in [1.54, 1.807) is 12.4 Å². The van der Waals surface area contributed by atoms with Gasteiger partial charge in [-0.3, -0.25) is 4.98 Å². The lowest BCUT2D eigenvalue weighted by Crippen LogP contribution is -2.01. The monoisotopic (exact) mass is 381 g/mol. The number of anilines is 1. The normalized spacial score (nSPS) is 11.6. The summed E-state index contributed by atoms with van der Waals surface area (Å²) >= 11 is 3.48. The van der Waals surface area contributed by atoms with Crippen molar-refractivity contribution in [1.82, 2.24) is 24.7 Å². The maximum atomic E-state index is 4.50. The molecule has 0 aliphatic carbocycles. The summed E-state index contributed by atoms with van der Waals surface area (Å²) in [5.74, 6) is 0.333. The first kappa shape index (κ1) is 14.7. The Kier molecular flexibility index (Phi) is 3.66. The van der Waals surface area contributed by atoms with Crippen molar-refractivity contribution in [3.05, 3.63) is 52.8 Å². The summed E-state index contributed by atoms with van der Waals surface area (Å²) in [5.41, 5.74) is 6.08. The zero-order chi connectivity index (χ0) is 16.5. The zero-order valence-electron chi connectivity index (χ0n) is 12.7. The Labute approximate surface area is 145 Å². The molecular weight excluding hydrogens is 370 g/mol. The van der Waals surface area contributed by atoms with Crippen LogP contribution in [-0.2, 0) is 7.05 Å². The molecule has 8 heteroatoms. The Morgan fingerprint density at radius 1 is 1.21 bits per heavy atom. The highest BCUT2D eigenvalue weighted by atomic mass is 79.9. The van der Waals surface area contributed by atoms with Crippen molar-refractivity contribution in [3.8, 4) is 0 Å². The number of rotatable bonds is 3. The van der Waals surface area contributed by atoms with Crippen molar-refractivity contribution in [2.24, 2.45) is 12.1 Å². The molecule has 3 aromatic heterocycles. The lowest BCUT2D eigenvalue weighted by atomic mass is 10.2. The lowest BCUT2D eigenvalue weighted by molar-refractivity contribution is 0.949. The fourth-order valence-electron chi connectivity index (χ4n) is 2.49. The minimum atomic E-state index is 0.333. The number of pyridine rings is 1. The van der Waals surface area contributed by atoms with E-state index >= 15 is 0 Å². The molecule has 4 rings (SSSR count). The molecule has 0 aliphatic rings. The van der Waals surface area contributed by atoms with E-state index in [-0.39, 0.29) is 0 Å². The SMILES string of the molecule is Cn1c2ccc(Br)cc2c2nnc(N/N=C/c3ccccn3)nc21. The third-order valence-electron chi connectivity index (χ3n) is 3.61. The van der Waals surface area contributed by atoms with Gasteiger partial charge in [-0.05, 0) is 30.3 Å². The maximum absolute atomic E-state index is 4.50. The second kappa shape index (κ2) is 5.97. The molecule has 1 N–H and O–H groups in total. The van der Waals surface area contributed by atoms with Crippen LogP contribution in [0, 0.1) is 0 Å². The van der Waals surface area contributed by atoms with E-state index in [1.807, 2.05) is 48.0 Å². The molecule has 118 valence electrons. The third-order valence-corrected chi connectivity index (χ3v) is 4.10. The van der Waals surface area contributed by atoms with Crippen molar-refractivity contribution < 1.29 is 0 Å². The Bertz CT molecular complexity index is 1060. The van der Waals surface area contributed by atoms with E-state index in [0.717, 1.165) is 32.2 Å². The molecular formula is C16H12BrN7. The van der Waals surface area contributed by atoms with Crippen LogP contribution in [-0.4, -0.2) is 30.9 Å². The second-order valence-electron chi connectivity index (χ2n) is 5.15. The number of nitrogens with zero attached hydrogens (tertiary/aromatic N) is 6.